The second-order valence-corrected chi connectivity index (χ2v) is 9.38. The minimum atomic E-state index is -5.08. The molecule has 2 heterocycles. The van der Waals surface area contributed by atoms with Gasteiger partial charge in [0.2, 0.25) is 5.91 Å². The molecule has 14 heteroatoms. The molecule has 1 saturated heterocycles. The zero-order valence-corrected chi connectivity index (χ0v) is 21.9. The quantitative estimate of drug-likeness (QED) is 0.284. The highest BCUT2D eigenvalue weighted by atomic mass is 19.4. The lowest BCUT2D eigenvalue weighted by Gasteiger charge is -2.29. The zero-order valence-electron chi connectivity index (χ0n) is 21.9. The first kappa shape index (κ1) is 31.9. The molecular formula is C27H31F5N2O7. The van der Waals surface area contributed by atoms with E-state index in [9.17, 15) is 31.9 Å². The van der Waals surface area contributed by atoms with Crippen molar-refractivity contribution >= 4 is 11.9 Å². The first-order valence-corrected chi connectivity index (χ1v) is 12.8. The molecule has 1 fully saturated rings. The highest BCUT2D eigenvalue weighted by Crippen LogP contribution is 2.33. The predicted octanol–water partition coefficient (Wildman–Crippen LogP) is 3.65. The number of carbonyl (C=O) groups excluding carboxylic acids is 1. The average Bonchev–Trinajstić information content (AvgIpc) is 3.35. The van der Waals surface area contributed by atoms with E-state index in [0.29, 0.717) is 68.6 Å². The zero-order chi connectivity index (χ0) is 30.0. The van der Waals surface area contributed by atoms with Crippen LogP contribution in [0.4, 0.5) is 22.0 Å². The number of hydrogen-bond acceptors (Lipinski definition) is 7. The van der Waals surface area contributed by atoms with Gasteiger partial charge in [-0.2, -0.15) is 13.2 Å². The minimum Gasteiger partial charge on any atom is -0.494 e. The maximum atomic E-state index is 13.7. The third-order valence-electron chi connectivity index (χ3n) is 6.18. The molecule has 3 N–H and O–H groups in total. The molecule has 2 aromatic rings. The number of benzene rings is 2. The third-order valence-corrected chi connectivity index (χ3v) is 6.18. The molecule has 226 valence electrons. The van der Waals surface area contributed by atoms with Crippen LogP contribution in [0.25, 0.3) is 0 Å². The van der Waals surface area contributed by atoms with Crippen molar-refractivity contribution in [3.8, 4) is 17.2 Å². The number of carboxylic acid groups (broad SMARTS) is 1. The van der Waals surface area contributed by atoms with E-state index in [4.69, 9.17) is 24.1 Å². The van der Waals surface area contributed by atoms with Crippen LogP contribution in [0.15, 0.2) is 42.5 Å². The van der Waals surface area contributed by atoms with E-state index in [0.717, 1.165) is 0 Å². The molecule has 0 spiro atoms. The van der Waals surface area contributed by atoms with Crippen LogP contribution in [0.5, 0.6) is 17.2 Å². The van der Waals surface area contributed by atoms with Gasteiger partial charge in [0.05, 0.1) is 12.6 Å². The normalized spacial score (nSPS) is 18.0. The van der Waals surface area contributed by atoms with Gasteiger partial charge in [0.1, 0.15) is 37.1 Å². The number of alkyl halides is 4. The molecule has 41 heavy (non-hydrogen) atoms. The number of amides is 1. The summed E-state index contributed by atoms with van der Waals surface area (Å²) in [6.07, 6.45) is -5.90. The van der Waals surface area contributed by atoms with E-state index in [-0.39, 0.29) is 24.7 Å². The van der Waals surface area contributed by atoms with Crippen molar-refractivity contribution in [1.29, 1.82) is 0 Å². The van der Waals surface area contributed by atoms with Crippen molar-refractivity contribution in [3.63, 3.8) is 0 Å². The SMILES string of the molecule is O=C(CCCOc1ccc(F)cc1)N[C@H](CN1CC[C@H](F)C1)[C@H](O)c1ccc2c(c1)OCCO2.O=C(O)C(F)(F)F. The van der Waals surface area contributed by atoms with Crippen LogP contribution < -0.4 is 19.5 Å². The van der Waals surface area contributed by atoms with Crippen LogP contribution in [-0.4, -0.2) is 84.8 Å². The predicted molar refractivity (Wildman–Crippen MR) is 135 cm³/mol. The van der Waals surface area contributed by atoms with Crippen molar-refractivity contribution in [2.24, 2.45) is 0 Å². The number of nitrogens with zero attached hydrogens (tertiary/aromatic N) is 1. The van der Waals surface area contributed by atoms with Crippen molar-refractivity contribution in [2.45, 2.75) is 43.8 Å². The van der Waals surface area contributed by atoms with Gasteiger partial charge in [-0.3, -0.25) is 9.69 Å². The molecule has 0 unspecified atom stereocenters. The molecule has 0 radical (unpaired) electrons. The van der Waals surface area contributed by atoms with Crippen molar-refractivity contribution in [1.82, 2.24) is 10.2 Å². The fraction of sp³-hybridized carbons (Fsp3) is 0.481. The Labute approximate surface area is 232 Å². The van der Waals surface area contributed by atoms with Crippen molar-refractivity contribution in [2.75, 3.05) is 39.5 Å². The molecule has 2 aliphatic heterocycles. The molecule has 0 bridgehead atoms. The summed E-state index contributed by atoms with van der Waals surface area (Å²) in [4.78, 5) is 23.5. The standard InChI is InChI=1S/C25H30F2N2O5.C2HF3O2/c26-18-4-6-20(7-5-18)32-11-1-2-24(30)28-21(16-29-10-9-19(27)15-29)25(31)17-3-8-22-23(14-17)34-13-12-33-22;3-2(4,5)1(6)7/h3-8,14,19,21,25,31H,1-2,9-13,15-16H2,(H,28,30);(H,6,7)/t19-,21+,25+;/m0./s1. The summed E-state index contributed by atoms with van der Waals surface area (Å²) < 4.78 is 75.1. The van der Waals surface area contributed by atoms with Crippen LogP contribution in [0.2, 0.25) is 0 Å². The first-order valence-electron chi connectivity index (χ1n) is 12.8. The van der Waals surface area contributed by atoms with Crippen LogP contribution in [-0.2, 0) is 9.59 Å². The van der Waals surface area contributed by atoms with Gasteiger partial charge in [-0.25, -0.2) is 13.6 Å². The molecule has 0 aliphatic carbocycles. The number of halogens is 5. The molecule has 3 atom stereocenters. The van der Waals surface area contributed by atoms with Crippen LogP contribution >= 0.6 is 0 Å². The summed E-state index contributed by atoms with van der Waals surface area (Å²) in [5, 5.41) is 21.2. The number of carbonyl (C=O) groups is 2. The maximum Gasteiger partial charge on any atom is 0.490 e. The van der Waals surface area contributed by atoms with Gasteiger partial charge in [0, 0.05) is 26.1 Å². The Bertz CT molecular complexity index is 1150. The van der Waals surface area contributed by atoms with Crippen LogP contribution in [0.1, 0.15) is 30.9 Å². The smallest absolute Gasteiger partial charge is 0.490 e. The molecule has 2 aromatic carbocycles. The molecule has 9 nitrogen and oxygen atoms in total. The van der Waals surface area contributed by atoms with Gasteiger partial charge in [-0.15, -0.1) is 0 Å². The lowest BCUT2D eigenvalue weighted by molar-refractivity contribution is -0.192. The van der Waals surface area contributed by atoms with Crippen LogP contribution in [0, 0.1) is 5.82 Å². The second-order valence-electron chi connectivity index (χ2n) is 9.38. The van der Waals surface area contributed by atoms with E-state index in [1.165, 1.54) is 24.3 Å². The molecule has 0 saturated carbocycles. The van der Waals surface area contributed by atoms with Gasteiger partial charge in [0.15, 0.2) is 11.5 Å². The van der Waals surface area contributed by atoms with Gasteiger partial charge in [-0.05, 0) is 54.8 Å². The van der Waals surface area contributed by atoms with E-state index >= 15 is 0 Å². The summed E-state index contributed by atoms with van der Waals surface area (Å²) in [7, 11) is 0. The molecule has 4 rings (SSSR count). The largest absolute Gasteiger partial charge is 0.494 e. The Morgan fingerprint density at radius 1 is 1.10 bits per heavy atom. The molecular weight excluding hydrogens is 559 g/mol. The maximum absolute atomic E-state index is 13.7. The molecule has 2 aliphatic rings. The fourth-order valence-electron chi connectivity index (χ4n) is 4.16. The number of fused-ring (bicyclic) bond motifs is 1. The molecule has 0 aromatic heterocycles. The molecule has 1 amide bonds. The number of aliphatic hydroxyl groups is 1. The number of aliphatic hydroxyl groups excluding tert-OH is 1. The Kier molecular flexibility index (Phi) is 11.5. The summed E-state index contributed by atoms with van der Waals surface area (Å²) in [6, 6.07) is 10.3. The topological polar surface area (TPSA) is 118 Å². The number of rotatable bonds is 10. The average molecular weight is 591 g/mol. The highest BCUT2D eigenvalue weighted by Gasteiger charge is 2.38. The van der Waals surface area contributed by atoms with E-state index in [2.05, 4.69) is 5.32 Å². The summed E-state index contributed by atoms with van der Waals surface area (Å²) in [5.41, 5.74) is 0.588. The minimum absolute atomic E-state index is 0.192. The van der Waals surface area contributed by atoms with E-state index < -0.39 is 30.5 Å². The lowest BCUT2D eigenvalue weighted by Crippen LogP contribution is -2.47. The Morgan fingerprint density at radius 2 is 1.76 bits per heavy atom. The monoisotopic (exact) mass is 590 g/mol. The van der Waals surface area contributed by atoms with Gasteiger partial charge in [0.25, 0.3) is 0 Å². The van der Waals surface area contributed by atoms with E-state index in [1.54, 1.807) is 18.2 Å². The van der Waals surface area contributed by atoms with Crippen molar-refractivity contribution in [3.05, 3.63) is 53.8 Å². The Hall–Kier alpha value is -3.65. The number of nitrogens with one attached hydrogen (secondary N) is 1. The number of hydrogen-bond donors (Lipinski definition) is 3. The highest BCUT2D eigenvalue weighted by molar-refractivity contribution is 5.76. The summed E-state index contributed by atoms with van der Waals surface area (Å²) in [5.74, 6) is -1.64. The fourth-order valence-corrected chi connectivity index (χ4v) is 4.16. The van der Waals surface area contributed by atoms with E-state index in [1.807, 2.05) is 4.90 Å². The van der Waals surface area contributed by atoms with Crippen molar-refractivity contribution < 1.29 is 56.0 Å². The Balaban J connectivity index is 0.000000587. The number of carboxylic acids is 1. The first-order chi connectivity index (χ1) is 19.4. The van der Waals surface area contributed by atoms with Gasteiger partial charge in [-0.1, -0.05) is 6.07 Å². The summed E-state index contributed by atoms with van der Waals surface area (Å²) >= 11 is 0. The number of ether oxygens (including phenoxy) is 3. The Morgan fingerprint density at radius 3 is 2.37 bits per heavy atom. The number of aliphatic carboxylic acids is 1. The summed E-state index contributed by atoms with van der Waals surface area (Å²) in [6.45, 7) is 2.38. The van der Waals surface area contributed by atoms with Crippen LogP contribution in [0.3, 0.4) is 0 Å². The lowest BCUT2D eigenvalue weighted by atomic mass is 10.0. The van der Waals surface area contributed by atoms with Gasteiger partial charge >= 0.3 is 12.1 Å². The third kappa shape index (κ3) is 10.4. The second kappa shape index (κ2) is 14.8. The van der Waals surface area contributed by atoms with Gasteiger partial charge < -0.3 is 29.7 Å². The number of likely N-dealkylation sites (tertiary alicyclic amines) is 1.